The van der Waals surface area contributed by atoms with E-state index in [1.807, 2.05) is 60.7 Å². The van der Waals surface area contributed by atoms with E-state index in [1.54, 1.807) is 7.11 Å². The van der Waals surface area contributed by atoms with Gasteiger partial charge >= 0.3 is 0 Å². The molecule has 0 aliphatic heterocycles. The number of hydrogen-bond donors (Lipinski definition) is 0. The molecule has 3 aromatic carbocycles. The van der Waals surface area contributed by atoms with Gasteiger partial charge in [0.25, 0.3) is 0 Å². The van der Waals surface area contributed by atoms with Gasteiger partial charge in [0, 0.05) is 16.9 Å². The molecule has 1 atom stereocenters. The van der Waals surface area contributed by atoms with E-state index in [9.17, 15) is 4.79 Å². The maximum Gasteiger partial charge on any atom is 0.167 e. The highest BCUT2D eigenvalue weighted by atomic mass is 16.5. The molecule has 0 bridgehead atoms. The Morgan fingerprint density at radius 1 is 0.852 bits per heavy atom. The Bertz CT molecular complexity index is 865. The molecule has 0 aliphatic carbocycles. The zero-order valence-corrected chi connectivity index (χ0v) is 16.2. The van der Waals surface area contributed by atoms with Crippen LogP contribution >= 0.6 is 0 Å². The lowest BCUT2D eigenvalue weighted by Gasteiger charge is -2.34. The highest BCUT2D eigenvalue weighted by molar-refractivity contribution is 5.99. The molecule has 0 saturated heterocycles. The van der Waals surface area contributed by atoms with Crippen molar-refractivity contribution < 1.29 is 9.53 Å². The number of ketones is 1. The van der Waals surface area contributed by atoms with Crippen LogP contribution in [0.2, 0.25) is 0 Å². The van der Waals surface area contributed by atoms with E-state index in [-0.39, 0.29) is 17.1 Å². The van der Waals surface area contributed by atoms with Crippen molar-refractivity contribution in [1.82, 2.24) is 0 Å². The fraction of sp³-hybridized carbons (Fsp3) is 0.240. The van der Waals surface area contributed by atoms with Crippen molar-refractivity contribution in [2.24, 2.45) is 5.92 Å². The van der Waals surface area contributed by atoms with Gasteiger partial charge in [0.1, 0.15) is 5.75 Å². The zero-order valence-electron chi connectivity index (χ0n) is 16.2. The molecule has 0 heterocycles. The van der Waals surface area contributed by atoms with Crippen LogP contribution in [0.3, 0.4) is 0 Å². The van der Waals surface area contributed by atoms with E-state index in [2.05, 4.69) is 38.1 Å². The van der Waals surface area contributed by atoms with Gasteiger partial charge in [0.05, 0.1) is 7.11 Å². The van der Waals surface area contributed by atoms with Crippen LogP contribution in [0, 0.1) is 5.92 Å². The summed E-state index contributed by atoms with van der Waals surface area (Å²) in [5, 5.41) is 0. The number of rotatable bonds is 7. The Balaban J connectivity index is 1.99. The minimum atomic E-state index is -0.298. The van der Waals surface area contributed by atoms with Gasteiger partial charge in [-0.2, -0.15) is 0 Å². The summed E-state index contributed by atoms with van der Waals surface area (Å²) in [5.41, 5.74) is 2.77. The topological polar surface area (TPSA) is 26.3 Å². The fourth-order valence-electron chi connectivity index (χ4n) is 3.55. The summed E-state index contributed by atoms with van der Waals surface area (Å²) in [5.74, 6) is 0.750. The maximum atomic E-state index is 13.5. The number of benzene rings is 3. The predicted octanol–water partition coefficient (Wildman–Crippen LogP) is 5.71. The first-order valence-electron chi connectivity index (χ1n) is 9.30. The number of hydrogen-bond acceptors (Lipinski definition) is 2. The lowest BCUT2D eigenvalue weighted by atomic mass is 9.68. The van der Waals surface area contributed by atoms with Crippen molar-refractivity contribution >= 4 is 5.78 Å². The molecule has 0 radical (unpaired) electrons. The molecule has 138 valence electrons. The Hall–Kier alpha value is -2.87. The molecular weight excluding hydrogens is 332 g/mol. The van der Waals surface area contributed by atoms with Crippen LogP contribution in [0.25, 0.3) is 0 Å². The fourth-order valence-corrected chi connectivity index (χ4v) is 3.55. The van der Waals surface area contributed by atoms with Crippen LogP contribution in [-0.4, -0.2) is 12.9 Å². The van der Waals surface area contributed by atoms with Gasteiger partial charge in [-0.3, -0.25) is 4.79 Å². The molecule has 27 heavy (non-hydrogen) atoms. The first-order chi connectivity index (χ1) is 13.0. The number of carbonyl (C=O) groups is 1. The van der Waals surface area contributed by atoms with Gasteiger partial charge in [0.2, 0.25) is 0 Å². The molecular formula is C25H26O2. The van der Waals surface area contributed by atoms with Crippen LogP contribution in [0.4, 0.5) is 0 Å². The van der Waals surface area contributed by atoms with Crippen LogP contribution in [0.15, 0.2) is 84.9 Å². The quantitative estimate of drug-likeness (QED) is 0.505. The third kappa shape index (κ3) is 4.28. The monoisotopic (exact) mass is 358 g/mol. The Labute approximate surface area is 161 Å². The summed E-state index contributed by atoms with van der Waals surface area (Å²) >= 11 is 0. The molecule has 3 aromatic rings. The number of carbonyl (C=O) groups excluding carboxylic acids is 1. The minimum Gasteiger partial charge on any atom is -0.497 e. The highest BCUT2D eigenvalue weighted by Crippen LogP contribution is 2.36. The minimum absolute atomic E-state index is 0.162. The van der Waals surface area contributed by atoms with E-state index < -0.39 is 0 Å². The molecule has 0 amide bonds. The first kappa shape index (κ1) is 18.9. The second kappa shape index (κ2) is 8.22. The second-order valence-electron chi connectivity index (χ2n) is 7.42. The molecule has 2 heteroatoms. The van der Waals surface area contributed by atoms with E-state index >= 15 is 0 Å². The standard InChI is InChI=1S/C25H26O2/c1-25(2,21-12-8-5-9-13-21)23(18-19-10-6-4-7-11-19)24(26)20-14-16-22(27-3)17-15-20/h4-17,23H,18H2,1-3H3. The van der Waals surface area contributed by atoms with Crippen molar-refractivity contribution in [3.05, 3.63) is 102 Å². The van der Waals surface area contributed by atoms with Crippen molar-refractivity contribution in [3.63, 3.8) is 0 Å². The molecule has 2 nitrogen and oxygen atoms in total. The summed E-state index contributed by atoms with van der Waals surface area (Å²) < 4.78 is 5.23. The lowest BCUT2D eigenvalue weighted by molar-refractivity contribution is 0.0862. The third-order valence-corrected chi connectivity index (χ3v) is 5.36. The van der Waals surface area contributed by atoms with Crippen LogP contribution < -0.4 is 4.74 Å². The summed E-state index contributed by atoms with van der Waals surface area (Å²) in [6.45, 7) is 4.33. The van der Waals surface area contributed by atoms with Gasteiger partial charge in [-0.1, -0.05) is 74.5 Å². The average molecular weight is 358 g/mol. The van der Waals surface area contributed by atoms with Gasteiger partial charge in [0.15, 0.2) is 5.78 Å². The van der Waals surface area contributed by atoms with Gasteiger partial charge in [-0.05, 0) is 41.8 Å². The summed E-state index contributed by atoms with van der Waals surface area (Å²) in [6.07, 6.45) is 0.702. The van der Waals surface area contributed by atoms with E-state index in [4.69, 9.17) is 4.74 Å². The Morgan fingerprint density at radius 2 is 1.41 bits per heavy atom. The number of Topliss-reactive ketones (excluding diaryl/α,β-unsaturated/α-hetero) is 1. The van der Waals surface area contributed by atoms with Crippen molar-refractivity contribution in [2.75, 3.05) is 7.11 Å². The van der Waals surface area contributed by atoms with Gasteiger partial charge in [-0.15, -0.1) is 0 Å². The number of ether oxygens (including phenoxy) is 1. The van der Waals surface area contributed by atoms with Crippen LogP contribution in [-0.2, 0) is 11.8 Å². The smallest absolute Gasteiger partial charge is 0.167 e. The molecule has 1 unspecified atom stereocenters. The maximum absolute atomic E-state index is 13.5. The molecule has 0 fully saturated rings. The van der Waals surface area contributed by atoms with Crippen LogP contribution in [0.1, 0.15) is 35.3 Å². The molecule has 0 spiro atoms. The molecule has 0 saturated carbocycles. The summed E-state index contributed by atoms with van der Waals surface area (Å²) in [6, 6.07) is 28.0. The van der Waals surface area contributed by atoms with E-state index in [0.29, 0.717) is 6.42 Å². The molecule has 0 aliphatic rings. The third-order valence-electron chi connectivity index (χ3n) is 5.36. The average Bonchev–Trinajstić information content (AvgIpc) is 2.73. The van der Waals surface area contributed by atoms with E-state index in [1.165, 1.54) is 11.1 Å². The van der Waals surface area contributed by atoms with Crippen molar-refractivity contribution in [1.29, 1.82) is 0 Å². The first-order valence-corrected chi connectivity index (χ1v) is 9.30. The number of methoxy groups -OCH3 is 1. The largest absolute Gasteiger partial charge is 0.497 e. The van der Waals surface area contributed by atoms with Crippen molar-refractivity contribution in [2.45, 2.75) is 25.7 Å². The molecule has 0 aromatic heterocycles. The van der Waals surface area contributed by atoms with Crippen molar-refractivity contribution in [3.8, 4) is 5.75 Å². The summed E-state index contributed by atoms with van der Waals surface area (Å²) in [4.78, 5) is 13.5. The summed E-state index contributed by atoms with van der Waals surface area (Å²) in [7, 11) is 1.63. The zero-order chi connectivity index (χ0) is 19.3. The van der Waals surface area contributed by atoms with Gasteiger partial charge < -0.3 is 4.74 Å². The van der Waals surface area contributed by atoms with E-state index in [0.717, 1.165) is 11.3 Å². The Morgan fingerprint density at radius 3 is 1.96 bits per heavy atom. The molecule has 0 N–H and O–H groups in total. The van der Waals surface area contributed by atoms with Crippen LogP contribution in [0.5, 0.6) is 5.75 Å². The second-order valence-corrected chi connectivity index (χ2v) is 7.42. The highest BCUT2D eigenvalue weighted by Gasteiger charge is 2.36. The lowest BCUT2D eigenvalue weighted by Crippen LogP contribution is -2.36. The van der Waals surface area contributed by atoms with Gasteiger partial charge in [-0.25, -0.2) is 0 Å². The predicted molar refractivity (Wildman–Crippen MR) is 110 cm³/mol. The normalized spacial score (nSPS) is 12.4. The Kier molecular flexibility index (Phi) is 5.75. The SMILES string of the molecule is COc1ccc(C(=O)C(Cc2ccccc2)C(C)(C)c2ccccc2)cc1. The molecule has 3 rings (SSSR count).